The molecular weight excluding hydrogens is 290 g/mol. The van der Waals surface area contributed by atoms with Crippen LogP contribution in [0.3, 0.4) is 0 Å². The molecular formula is C19H29NO3. The van der Waals surface area contributed by atoms with Gasteiger partial charge >= 0.3 is 0 Å². The first-order valence-corrected chi connectivity index (χ1v) is 7.34. The van der Waals surface area contributed by atoms with Crippen molar-refractivity contribution in [2.45, 2.75) is 45.1 Å². The van der Waals surface area contributed by atoms with Gasteiger partial charge in [0.1, 0.15) is 0 Å². The molecule has 2 aliphatic rings. The van der Waals surface area contributed by atoms with Crippen molar-refractivity contribution in [3.63, 3.8) is 0 Å². The second-order valence-electron chi connectivity index (χ2n) is 6.05. The maximum atomic E-state index is 11.1. The van der Waals surface area contributed by atoms with E-state index in [2.05, 4.69) is 0 Å². The summed E-state index contributed by atoms with van der Waals surface area (Å²) in [5, 5.41) is 11.1. The first kappa shape index (κ1) is 6.57. The zero-order valence-electron chi connectivity index (χ0n) is 26.9. The molecule has 1 fully saturated rings. The number of benzene rings is 1. The quantitative estimate of drug-likeness (QED) is 0.920. The molecule has 0 bridgehead atoms. The monoisotopic (exact) mass is 333 g/mol. The number of nitrogens with zero attached hydrogens (tertiary/aromatic N) is 1. The molecule has 4 heteroatoms. The smallest absolute Gasteiger partial charge is 0.161 e. The zero-order chi connectivity index (χ0) is 28.8. The highest BCUT2D eigenvalue weighted by molar-refractivity contribution is 5.49. The van der Waals surface area contributed by atoms with Crippen LogP contribution in [0.25, 0.3) is 0 Å². The molecule has 0 saturated carbocycles. The van der Waals surface area contributed by atoms with Crippen molar-refractivity contribution in [1.82, 2.24) is 4.90 Å². The van der Waals surface area contributed by atoms with E-state index in [1.807, 2.05) is 0 Å². The van der Waals surface area contributed by atoms with Gasteiger partial charge in [-0.2, -0.15) is 0 Å². The van der Waals surface area contributed by atoms with Crippen molar-refractivity contribution in [2.75, 3.05) is 27.1 Å². The maximum Gasteiger partial charge on any atom is 0.161 e. The lowest BCUT2D eigenvalue weighted by Gasteiger charge is -2.46. The van der Waals surface area contributed by atoms with Crippen LogP contribution in [0.5, 0.6) is 11.5 Å². The summed E-state index contributed by atoms with van der Waals surface area (Å²) in [6.07, 6.45) is -9.37. The number of fused-ring (bicyclic) bond motifs is 3. The molecule has 23 heavy (non-hydrogen) atoms. The Hall–Kier alpha value is -1.26. The normalized spacial score (nSPS) is 50.5. The minimum atomic E-state index is -3.13. The fourth-order valence-electron chi connectivity index (χ4n) is 2.89. The lowest BCUT2D eigenvalue weighted by Crippen LogP contribution is -2.48. The van der Waals surface area contributed by atoms with Gasteiger partial charge in [0.2, 0.25) is 0 Å². The van der Waals surface area contributed by atoms with Gasteiger partial charge in [0.15, 0.2) is 11.5 Å². The van der Waals surface area contributed by atoms with E-state index in [1.165, 1.54) is 0 Å². The van der Waals surface area contributed by atoms with Gasteiger partial charge in [-0.25, -0.2) is 0 Å². The largest absolute Gasteiger partial charge is 0.493 e. The summed E-state index contributed by atoms with van der Waals surface area (Å²) in [6.45, 7) is -0.386. The minimum Gasteiger partial charge on any atom is -0.493 e. The summed E-state index contributed by atoms with van der Waals surface area (Å²) in [5.41, 5.74) is -0.948. The second-order valence-corrected chi connectivity index (χ2v) is 6.05. The molecule has 3 atom stereocenters. The van der Waals surface area contributed by atoms with Gasteiger partial charge in [0, 0.05) is 28.7 Å². The van der Waals surface area contributed by atoms with Crippen molar-refractivity contribution in [1.29, 1.82) is 0 Å². The average Bonchev–Trinajstić information content (AvgIpc) is 2.63. The van der Waals surface area contributed by atoms with Gasteiger partial charge in [-0.1, -0.05) is 13.8 Å². The van der Waals surface area contributed by atoms with Crippen LogP contribution >= 0.6 is 0 Å². The van der Waals surface area contributed by atoms with Crippen LogP contribution in [0.15, 0.2) is 12.1 Å². The second kappa shape index (κ2) is 6.70. The Kier molecular flexibility index (Phi) is 1.91. The van der Waals surface area contributed by atoms with E-state index in [9.17, 15) is 5.11 Å². The summed E-state index contributed by atoms with van der Waals surface area (Å²) >= 11 is 0. The van der Waals surface area contributed by atoms with E-state index < -0.39 is 74.9 Å². The minimum absolute atomic E-state index is 0.208. The zero-order valence-corrected chi connectivity index (χ0v) is 12.9. The van der Waals surface area contributed by atoms with Crippen LogP contribution in [0.4, 0.5) is 0 Å². The SMILES string of the molecule is [2H]C([2H])([2H])Oc1cc2c(cc1OC([2H])([2H])[2H])C([2H])([2H])C([2H])([2H])N1CC([2H])(CC(C)C)C([2H])(O)C([2H])([2H])C21. The summed E-state index contributed by atoms with van der Waals surface area (Å²) in [7, 11) is -6.26. The fraction of sp³-hybridized carbons (Fsp3) is 0.684. The third-order valence-corrected chi connectivity index (χ3v) is 3.90. The van der Waals surface area contributed by atoms with Crippen LogP contribution in [-0.2, 0) is 6.37 Å². The number of rotatable bonds is 4. The van der Waals surface area contributed by atoms with Crippen molar-refractivity contribution in [3.8, 4) is 11.5 Å². The Labute approximate surface area is 159 Å². The number of aryl methyl sites for hydroxylation is 1. The Bertz CT molecular complexity index is 1050. The lowest BCUT2D eigenvalue weighted by atomic mass is 9.79. The fourth-order valence-corrected chi connectivity index (χ4v) is 2.89. The van der Waals surface area contributed by atoms with Crippen molar-refractivity contribution >= 4 is 0 Å². The summed E-state index contributed by atoms with van der Waals surface area (Å²) in [6, 6.07) is -0.302. The number of aliphatic hydroxyl groups is 1. The van der Waals surface area contributed by atoms with E-state index in [0.29, 0.717) is 0 Å². The third kappa shape index (κ3) is 3.20. The molecule has 0 aromatic heterocycles. The highest BCUT2D eigenvalue weighted by Crippen LogP contribution is 2.43. The van der Waals surface area contributed by atoms with Crippen LogP contribution in [0.2, 0.25) is 0 Å². The molecule has 0 amide bonds. The Morgan fingerprint density at radius 1 is 1.39 bits per heavy atom. The predicted octanol–water partition coefficient (Wildman–Crippen LogP) is 3.03. The van der Waals surface area contributed by atoms with Crippen molar-refractivity contribution in [2.24, 2.45) is 11.8 Å². The molecule has 1 aromatic carbocycles. The molecule has 3 unspecified atom stereocenters. The molecule has 3 rings (SSSR count). The van der Waals surface area contributed by atoms with Crippen LogP contribution in [-0.4, -0.2) is 43.2 Å². The number of piperidine rings is 1. The first-order chi connectivity index (χ1) is 16.3. The van der Waals surface area contributed by atoms with Gasteiger partial charge < -0.3 is 14.6 Å². The van der Waals surface area contributed by atoms with E-state index in [4.69, 9.17) is 28.7 Å². The van der Waals surface area contributed by atoms with Crippen LogP contribution < -0.4 is 9.47 Å². The molecule has 0 aliphatic carbocycles. The first-order valence-electron chi connectivity index (χ1n) is 14.3. The van der Waals surface area contributed by atoms with E-state index in [1.54, 1.807) is 13.8 Å². The molecule has 128 valence electrons. The summed E-state index contributed by atoms with van der Waals surface area (Å²) in [5.74, 6) is -4.03. The summed E-state index contributed by atoms with van der Waals surface area (Å²) in [4.78, 5) is 0.733. The predicted molar refractivity (Wildman–Crippen MR) is 91.1 cm³/mol. The highest BCUT2D eigenvalue weighted by Gasteiger charge is 2.38. The van der Waals surface area contributed by atoms with E-state index in [-0.39, 0.29) is 17.9 Å². The standard InChI is InChI=1S/C19H29NO3/c1-12(2)7-14-11-20-6-5-13-8-18(22-3)19(23-4)9-15(13)16(20)10-17(14)21/h8-9,12,14,16-17,21H,5-7,10-11H2,1-4H3/i3D3,4D3,5D2,6D2,10D2,14D,17D. The Balaban J connectivity index is 2.37. The number of hydrogen-bond donors (Lipinski definition) is 1. The molecule has 0 spiro atoms. The molecule has 1 aromatic rings. The molecule has 4 nitrogen and oxygen atoms in total. The Morgan fingerprint density at radius 2 is 2.13 bits per heavy atom. The molecule has 1 saturated heterocycles. The highest BCUT2D eigenvalue weighted by atomic mass is 16.5. The summed E-state index contributed by atoms with van der Waals surface area (Å²) < 4.78 is 123. The molecule has 0 radical (unpaired) electrons. The third-order valence-electron chi connectivity index (χ3n) is 3.90. The Morgan fingerprint density at radius 3 is 2.83 bits per heavy atom. The van der Waals surface area contributed by atoms with Crippen molar-refractivity contribution in [3.05, 3.63) is 23.3 Å². The maximum absolute atomic E-state index is 11.1. The van der Waals surface area contributed by atoms with Gasteiger partial charge in [-0.15, -0.1) is 0 Å². The lowest BCUT2D eigenvalue weighted by molar-refractivity contribution is -0.0191. The van der Waals surface area contributed by atoms with Gasteiger partial charge in [0.25, 0.3) is 0 Å². The molecule has 2 heterocycles. The van der Waals surface area contributed by atoms with E-state index in [0.717, 1.165) is 17.0 Å². The van der Waals surface area contributed by atoms with Crippen molar-refractivity contribution < 1.29 is 33.8 Å². The van der Waals surface area contributed by atoms with Gasteiger partial charge in [-0.3, -0.25) is 4.90 Å². The topological polar surface area (TPSA) is 41.9 Å². The average molecular weight is 334 g/mol. The van der Waals surface area contributed by atoms with Gasteiger partial charge in [-0.05, 0) is 54.2 Å². The number of methoxy groups -OCH3 is 2. The van der Waals surface area contributed by atoms with Crippen LogP contribution in [0.1, 0.15) is 63.0 Å². The number of hydrogen-bond acceptors (Lipinski definition) is 4. The van der Waals surface area contributed by atoms with E-state index >= 15 is 0 Å². The van der Waals surface area contributed by atoms with Gasteiger partial charge in [0.05, 0.1) is 29.8 Å². The van der Waals surface area contributed by atoms with Crippen LogP contribution in [0, 0.1) is 11.8 Å². The molecule has 1 N–H and O–H groups in total. The number of ether oxygens (including phenoxy) is 2. The molecule has 2 aliphatic heterocycles.